The minimum Gasteiger partial charge on any atom is -0.378 e. The zero-order chi connectivity index (χ0) is 19.0. The van der Waals surface area contributed by atoms with Gasteiger partial charge in [-0.25, -0.2) is 0 Å². The molecule has 0 bridgehead atoms. The lowest BCUT2D eigenvalue weighted by Gasteiger charge is -2.56. The van der Waals surface area contributed by atoms with Gasteiger partial charge >= 0.3 is 0 Å². The van der Waals surface area contributed by atoms with Crippen molar-refractivity contribution in [2.45, 2.75) is 115 Å². The lowest BCUT2D eigenvalue weighted by molar-refractivity contribution is -0.285. The second-order valence-corrected chi connectivity index (χ2v) is 8.10. The molecule has 5 nitrogen and oxygen atoms in total. The Kier molecular flexibility index (Phi) is 8.81. The average Bonchev–Trinajstić information content (AvgIpc) is 2.70. The molecule has 0 spiro atoms. The Labute approximate surface area is 160 Å². The van der Waals surface area contributed by atoms with E-state index in [2.05, 4.69) is 27.7 Å². The van der Waals surface area contributed by atoms with E-state index in [1.165, 1.54) is 6.42 Å². The summed E-state index contributed by atoms with van der Waals surface area (Å²) in [6, 6.07) is 0. The molecule has 0 aromatic heterocycles. The second-order valence-electron chi connectivity index (χ2n) is 8.10. The molecule has 2 rings (SSSR count). The Hall–Kier alpha value is -0.200. The lowest BCUT2D eigenvalue weighted by atomic mass is 9.72. The summed E-state index contributed by atoms with van der Waals surface area (Å²) in [6.45, 7) is 11.0. The first-order chi connectivity index (χ1) is 12.6. The molecule has 0 aromatic rings. The Morgan fingerprint density at radius 2 is 1.50 bits per heavy atom. The van der Waals surface area contributed by atoms with Crippen molar-refractivity contribution in [2.24, 2.45) is 0 Å². The van der Waals surface area contributed by atoms with Crippen molar-refractivity contribution in [3.8, 4) is 0 Å². The van der Waals surface area contributed by atoms with Gasteiger partial charge in [0.2, 0.25) is 0 Å². The van der Waals surface area contributed by atoms with Gasteiger partial charge in [0.05, 0.1) is 12.7 Å². The molecule has 154 valence electrons. The summed E-state index contributed by atoms with van der Waals surface area (Å²) in [7, 11) is 0. The molecule has 0 aliphatic carbocycles. The molecule has 2 fully saturated rings. The van der Waals surface area contributed by atoms with Crippen LogP contribution < -0.4 is 0 Å². The molecular weight excluding hydrogens is 330 g/mol. The van der Waals surface area contributed by atoms with Crippen molar-refractivity contribution in [3.63, 3.8) is 0 Å². The van der Waals surface area contributed by atoms with E-state index >= 15 is 0 Å². The van der Waals surface area contributed by atoms with E-state index in [0.29, 0.717) is 6.61 Å². The fourth-order valence-corrected chi connectivity index (χ4v) is 4.76. The smallest absolute Gasteiger partial charge is 0.157 e. The fourth-order valence-electron chi connectivity index (χ4n) is 4.76. The van der Waals surface area contributed by atoms with Crippen LogP contribution in [-0.4, -0.2) is 53.6 Å². The van der Waals surface area contributed by atoms with Crippen molar-refractivity contribution in [1.82, 2.24) is 5.06 Å². The van der Waals surface area contributed by atoms with Crippen LogP contribution in [0.5, 0.6) is 0 Å². The van der Waals surface area contributed by atoms with E-state index in [-0.39, 0.29) is 23.5 Å². The molecule has 0 aromatic carbocycles. The number of rotatable bonds is 10. The molecule has 1 unspecified atom stereocenters. The van der Waals surface area contributed by atoms with Gasteiger partial charge in [-0.1, -0.05) is 27.7 Å². The van der Waals surface area contributed by atoms with Crippen molar-refractivity contribution in [2.75, 3.05) is 19.8 Å². The monoisotopic (exact) mass is 371 g/mol. The summed E-state index contributed by atoms with van der Waals surface area (Å²) in [4.78, 5) is 0. The topological polar surface area (TPSA) is 51.2 Å². The standard InChI is InChI=1S/C21H41NO4/c1-5-20(6-2)16-18(17-21(7-3,8-4)22(20)23)24-14-11-15-26-19-12-9-10-13-25-19/h18-19,23H,5-17H2,1-4H3. The largest absolute Gasteiger partial charge is 0.378 e. The summed E-state index contributed by atoms with van der Waals surface area (Å²) in [5, 5.41) is 12.8. The Morgan fingerprint density at radius 3 is 2.00 bits per heavy atom. The molecule has 5 heteroatoms. The molecule has 1 atom stereocenters. The molecule has 1 N–H and O–H groups in total. The van der Waals surface area contributed by atoms with Gasteiger partial charge in [0.1, 0.15) is 0 Å². The summed E-state index contributed by atoms with van der Waals surface area (Å²) >= 11 is 0. The van der Waals surface area contributed by atoms with Crippen LogP contribution >= 0.6 is 0 Å². The number of ether oxygens (including phenoxy) is 3. The van der Waals surface area contributed by atoms with Gasteiger partial charge in [-0.05, 0) is 64.2 Å². The highest BCUT2D eigenvalue weighted by atomic mass is 16.7. The highest BCUT2D eigenvalue weighted by Crippen LogP contribution is 2.45. The number of hydrogen-bond acceptors (Lipinski definition) is 5. The zero-order valence-electron chi connectivity index (χ0n) is 17.5. The van der Waals surface area contributed by atoms with Gasteiger partial charge in [0.15, 0.2) is 6.29 Å². The SMILES string of the molecule is CCC1(CC)CC(OCCCOC2CCCCO2)CC(CC)(CC)N1O. The van der Waals surface area contributed by atoms with E-state index < -0.39 is 0 Å². The summed E-state index contributed by atoms with van der Waals surface area (Å²) in [5.41, 5.74) is -0.331. The molecule has 0 radical (unpaired) electrons. The number of hydrogen-bond donors (Lipinski definition) is 1. The summed E-state index contributed by atoms with van der Waals surface area (Å²) < 4.78 is 17.7. The Bertz CT molecular complexity index is 367. The quantitative estimate of drug-likeness (QED) is 0.553. The maximum atomic E-state index is 11.0. The molecule has 2 heterocycles. The summed E-state index contributed by atoms with van der Waals surface area (Å²) in [6.07, 6.45) is 10.1. The van der Waals surface area contributed by atoms with Gasteiger partial charge in [0.25, 0.3) is 0 Å². The van der Waals surface area contributed by atoms with E-state index in [1.54, 1.807) is 5.06 Å². The first-order valence-electron chi connectivity index (χ1n) is 10.9. The third kappa shape index (κ3) is 4.99. The van der Waals surface area contributed by atoms with Gasteiger partial charge in [-0.3, -0.25) is 0 Å². The van der Waals surface area contributed by atoms with Gasteiger partial charge in [-0.2, -0.15) is 5.06 Å². The average molecular weight is 372 g/mol. The number of piperidine rings is 1. The third-order valence-corrected chi connectivity index (χ3v) is 6.83. The van der Waals surface area contributed by atoms with Crippen LogP contribution in [0.2, 0.25) is 0 Å². The summed E-state index contributed by atoms with van der Waals surface area (Å²) in [5.74, 6) is 0. The molecule has 26 heavy (non-hydrogen) atoms. The molecular formula is C21H41NO4. The predicted octanol–water partition coefficient (Wildman–Crippen LogP) is 4.91. The van der Waals surface area contributed by atoms with E-state index in [1.807, 2.05) is 0 Å². The molecule has 0 saturated carbocycles. The lowest BCUT2D eigenvalue weighted by Crippen LogP contribution is -2.64. The minimum absolute atomic E-state index is 0.0120. The third-order valence-electron chi connectivity index (χ3n) is 6.83. The van der Waals surface area contributed by atoms with Crippen molar-refractivity contribution >= 4 is 0 Å². The maximum absolute atomic E-state index is 11.0. The first-order valence-corrected chi connectivity index (χ1v) is 10.9. The van der Waals surface area contributed by atoms with Crippen LogP contribution in [0, 0.1) is 0 Å². The van der Waals surface area contributed by atoms with Crippen LogP contribution in [0.25, 0.3) is 0 Å². The van der Waals surface area contributed by atoms with Crippen LogP contribution in [0.15, 0.2) is 0 Å². The van der Waals surface area contributed by atoms with Gasteiger partial charge in [-0.15, -0.1) is 0 Å². The normalized spacial score (nSPS) is 26.9. The van der Waals surface area contributed by atoms with Crippen molar-refractivity contribution in [1.29, 1.82) is 0 Å². The van der Waals surface area contributed by atoms with Crippen molar-refractivity contribution in [3.05, 3.63) is 0 Å². The molecule has 0 amide bonds. The first kappa shape index (κ1) is 22.1. The van der Waals surface area contributed by atoms with Crippen LogP contribution in [0.3, 0.4) is 0 Å². The zero-order valence-corrected chi connectivity index (χ0v) is 17.5. The van der Waals surface area contributed by atoms with E-state index in [0.717, 1.165) is 71.0 Å². The molecule has 2 saturated heterocycles. The molecule has 2 aliphatic rings. The fraction of sp³-hybridized carbons (Fsp3) is 1.00. The van der Waals surface area contributed by atoms with Crippen LogP contribution in [0.1, 0.15) is 91.9 Å². The van der Waals surface area contributed by atoms with Gasteiger partial charge < -0.3 is 19.4 Å². The Balaban J connectivity index is 1.83. The maximum Gasteiger partial charge on any atom is 0.157 e. The molecule has 2 aliphatic heterocycles. The Morgan fingerprint density at radius 1 is 0.923 bits per heavy atom. The van der Waals surface area contributed by atoms with Gasteiger partial charge in [0, 0.05) is 24.3 Å². The van der Waals surface area contributed by atoms with Crippen LogP contribution in [-0.2, 0) is 14.2 Å². The number of nitrogens with zero attached hydrogens (tertiary/aromatic N) is 1. The van der Waals surface area contributed by atoms with Crippen molar-refractivity contribution < 1.29 is 19.4 Å². The minimum atomic E-state index is -0.165. The predicted molar refractivity (Wildman–Crippen MR) is 103 cm³/mol. The second kappa shape index (κ2) is 10.4. The number of hydroxylamine groups is 2. The van der Waals surface area contributed by atoms with E-state index in [9.17, 15) is 5.21 Å². The van der Waals surface area contributed by atoms with Crippen LogP contribution in [0.4, 0.5) is 0 Å². The van der Waals surface area contributed by atoms with E-state index in [4.69, 9.17) is 14.2 Å². The highest BCUT2D eigenvalue weighted by Gasteiger charge is 2.51. The highest BCUT2D eigenvalue weighted by molar-refractivity contribution is 5.03.